The van der Waals surface area contributed by atoms with Crippen molar-refractivity contribution in [2.75, 3.05) is 0 Å². The summed E-state index contributed by atoms with van der Waals surface area (Å²) in [6, 6.07) is 4.00. The number of amides is 1. The summed E-state index contributed by atoms with van der Waals surface area (Å²) >= 11 is 0. The molecule has 88 valence electrons. The first-order valence-electron chi connectivity index (χ1n) is 5.20. The highest BCUT2D eigenvalue weighted by molar-refractivity contribution is 5.80. The average Bonchev–Trinajstić information content (AvgIpc) is 2.23. The normalized spacial score (nSPS) is 12.1. The van der Waals surface area contributed by atoms with Gasteiger partial charge in [-0.05, 0) is 50.5 Å². The van der Waals surface area contributed by atoms with Crippen molar-refractivity contribution in [2.45, 2.75) is 33.8 Å². The van der Waals surface area contributed by atoms with Crippen molar-refractivity contribution in [3.63, 3.8) is 0 Å². The lowest BCUT2D eigenvalue weighted by Crippen LogP contribution is -2.40. The van der Waals surface area contributed by atoms with Gasteiger partial charge in [0.25, 0.3) is 5.91 Å². The number of hydrogen-bond donors (Lipinski definition) is 2. The van der Waals surface area contributed by atoms with E-state index in [1.54, 1.807) is 6.92 Å². The highest BCUT2D eigenvalue weighted by Gasteiger charge is 2.14. The summed E-state index contributed by atoms with van der Waals surface area (Å²) in [6.45, 7) is 7.65. The highest BCUT2D eigenvalue weighted by atomic mass is 16.5. The minimum absolute atomic E-state index is 0.335. The van der Waals surface area contributed by atoms with E-state index in [0.29, 0.717) is 0 Å². The summed E-state index contributed by atoms with van der Waals surface area (Å²) in [7, 11) is 0. The number of carbonyl (C=O) groups excluding carboxylic acids is 1. The number of carbonyl (C=O) groups is 1. The first kappa shape index (κ1) is 12.5. The quantitative estimate of drug-likeness (QED) is 0.461. The number of rotatable bonds is 3. The van der Waals surface area contributed by atoms with E-state index >= 15 is 0 Å². The second kappa shape index (κ2) is 4.99. The van der Waals surface area contributed by atoms with Gasteiger partial charge in [0.1, 0.15) is 5.75 Å². The number of benzene rings is 1. The molecule has 0 aliphatic carbocycles. The van der Waals surface area contributed by atoms with E-state index in [1.807, 2.05) is 26.8 Å². The molecule has 1 amide bonds. The molecule has 0 aliphatic rings. The maximum atomic E-state index is 11.2. The predicted octanol–water partition coefficient (Wildman–Crippen LogP) is 1.37. The van der Waals surface area contributed by atoms with Crippen molar-refractivity contribution in [3.8, 4) is 5.75 Å². The first-order chi connectivity index (χ1) is 7.45. The molecule has 1 aromatic rings. The maximum Gasteiger partial charge on any atom is 0.274 e. The van der Waals surface area contributed by atoms with Crippen LogP contribution in [0.5, 0.6) is 5.75 Å². The number of hydrogen-bond acceptors (Lipinski definition) is 3. The fourth-order valence-corrected chi connectivity index (χ4v) is 1.48. The van der Waals surface area contributed by atoms with E-state index in [0.717, 1.165) is 22.4 Å². The third kappa shape index (κ3) is 2.73. The molecule has 0 bridgehead atoms. The second-order valence-corrected chi connectivity index (χ2v) is 3.97. The van der Waals surface area contributed by atoms with Gasteiger partial charge in [-0.3, -0.25) is 10.2 Å². The van der Waals surface area contributed by atoms with Crippen molar-refractivity contribution < 1.29 is 9.53 Å². The molecule has 3 N–H and O–H groups in total. The molecule has 1 aromatic carbocycles. The molecular weight excluding hydrogens is 204 g/mol. The van der Waals surface area contributed by atoms with E-state index < -0.39 is 6.10 Å². The van der Waals surface area contributed by atoms with Crippen LogP contribution in [0, 0.1) is 20.8 Å². The lowest BCUT2D eigenvalue weighted by atomic mass is 10.1. The van der Waals surface area contributed by atoms with Gasteiger partial charge in [-0.2, -0.15) is 0 Å². The third-order valence-corrected chi connectivity index (χ3v) is 2.58. The number of hydrazine groups is 1. The zero-order valence-electron chi connectivity index (χ0n) is 10.1. The summed E-state index contributed by atoms with van der Waals surface area (Å²) in [5.41, 5.74) is 5.37. The van der Waals surface area contributed by atoms with Crippen LogP contribution < -0.4 is 16.0 Å². The van der Waals surface area contributed by atoms with Crippen LogP contribution in [0.25, 0.3) is 0 Å². The molecule has 0 saturated carbocycles. The molecule has 0 aliphatic heterocycles. The van der Waals surface area contributed by atoms with Crippen LogP contribution in [0.15, 0.2) is 12.1 Å². The highest BCUT2D eigenvalue weighted by Crippen LogP contribution is 2.24. The molecule has 4 nitrogen and oxygen atoms in total. The zero-order valence-corrected chi connectivity index (χ0v) is 10.1. The molecule has 16 heavy (non-hydrogen) atoms. The van der Waals surface area contributed by atoms with Crippen molar-refractivity contribution in [1.29, 1.82) is 0 Å². The van der Waals surface area contributed by atoms with Crippen LogP contribution in [0.3, 0.4) is 0 Å². The summed E-state index contributed by atoms with van der Waals surface area (Å²) < 4.78 is 5.57. The van der Waals surface area contributed by atoms with Gasteiger partial charge in [0, 0.05) is 0 Å². The largest absolute Gasteiger partial charge is 0.481 e. The van der Waals surface area contributed by atoms with E-state index in [1.165, 1.54) is 0 Å². The van der Waals surface area contributed by atoms with Crippen LogP contribution >= 0.6 is 0 Å². The van der Waals surface area contributed by atoms with Gasteiger partial charge in [-0.25, -0.2) is 5.84 Å². The van der Waals surface area contributed by atoms with Gasteiger partial charge in [-0.1, -0.05) is 6.07 Å². The summed E-state index contributed by atoms with van der Waals surface area (Å²) in [6.07, 6.45) is -0.593. The monoisotopic (exact) mass is 222 g/mol. The Bertz CT molecular complexity index is 402. The van der Waals surface area contributed by atoms with Gasteiger partial charge in [0.15, 0.2) is 6.10 Å². The fourth-order valence-electron chi connectivity index (χ4n) is 1.48. The molecule has 1 unspecified atom stereocenters. The van der Waals surface area contributed by atoms with Gasteiger partial charge >= 0.3 is 0 Å². The second-order valence-electron chi connectivity index (χ2n) is 3.97. The lowest BCUT2D eigenvalue weighted by molar-refractivity contribution is -0.127. The molecular formula is C12H18N2O2. The Hall–Kier alpha value is -1.55. The SMILES string of the molecule is Cc1cc(C)c(C)c(OC(C)C(=O)NN)c1. The Labute approximate surface area is 95.8 Å². The standard InChI is InChI=1S/C12H18N2O2/c1-7-5-8(2)9(3)11(6-7)16-10(4)12(15)14-13/h5-6,10H,13H2,1-4H3,(H,14,15). The molecule has 4 heteroatoms. The van der Waals surface area contributed by atoms with Crippen LogP contribution in [-0.2, 0) is 4.79 Å². The molecule has 1 rings (SSSR count). The van der Waals surface area contributed by atoms with Gasteiger partial charge in [0.2, 0.25) is 0 Å². The van der Waals surface area contributed by atoms with E-state index in [4.69, 9.17) is 10.6 Å². The number of nitrogens with two attached hydrogens (primary N) is 1. The lowest BCUT2D eigenvalue weighted by Gasteiger charge is -2.16. The van der Waals surface area contributed by atoms with Crippen LogP contribution in [0.1, 0.15) is 23.6 Å². The Morgan fingerprint density at radius 3 is 2.56 bits per heavy atom. The van der Waals surface area contributed by atoms with Crippen molar-refractivity contribution in [2.24, 2.45) is 5.84 Å². The minimum Gasteiger partial charge on any atom is -0.481 e. The smallest absolute Gasteiger partial charge is 0.274 e. The molecule has 0 spiro atoms. The van der Waals surface area contributed by atoms with Crippen LogP contribution in [0.4, 0.5) is 0 Å². The molecule has 0 radical (unpaired) electrons. The van der Waals surface area contributed by atoms with Crippen LogP contribution in [0.2, 0.25) is 0 Å². The molecule has 0 saturated heterocycles. The minimum atomic E-state index is -0.593. The van der Waals surface area contributed by atoms with Crippen molar-refractivity contribution in [3.05, 3.63) is 28.8 Å². The van der Waals surface area contributed by atoms with Gasteiger partial charge in [-0.15, -0.1) is 0 Å². The predicted molar refractivity (Wildman–Crippen MR) is 63.1 cm³/mol. The Kier molecular flexibility index (Phi) is 3.90. The molecule has 1 atom stereocenters. The number of aryl methyl sites for hydroxylation is 2. The van der Waals surface area contributed by atoms with E-state index in [9.17, 15) is 4.79 Å². The maximum absolute atomic E-state index is 11.2. The number of ether oxygens (including phenoxy) is 1. The van der Waals surface area contributed by atoms with E-state index in [-0.39, 0.29) is 5.91 Å². The van der Waals surface area contributed by atoms with E-state index in [2.05, 4.69) is 11.5 Å². The molecule has 0 heterocycles. The van der Waals surface area contributed by atoms with Crippen LogP contribution in [-0.4, -0.2) is 12.0 Å². The molecule has 0 aromatic heterocycles. The summed E-state index contributed by atoms with van der Waals surface area (Å²) in [5, 5.41) is 0. The fraction of sp³-hybridized carbons (Fsp3) is 0.417. The van der Waals surface area contributed by atoms with Crippen molar-refractivity contribution >= 4 is 5.91 Å². The Morgan fingerprint density at radius 2 is 2.00 bits per heavy atom. The third-order valence-electron chi connectivity index (χ3n) is 2.58. The average molecular weight is 222 g/mol. The first-order valence-corrected chi connectivity index (χ1v) is 5.20. The topological polar surface area (TPSA) is 64.3 Å². The van der Waals surface area contributed by atoms with Gasteiger partial charge < -0.3 is 4.74 Å². The van der Waals surface area contributed by atoms with Gasteiger partial charge in [0.05, 0.1) is 0 Å². The summed E-state index contributed by atoms with van der Waals surface area (Å²) in [4.78, 5) is 11.2. The number of nitrogens with one attached hydrogen (secondary N) is 1. The Balaban J connectivity index is 2.93. The van der Waals surface area contributed by atoms with Crippen molar-refractivity contribution in [1.82, 2.24) is 5.43 Å². The summed E-state index contributed by atoms with van der Waals surface area (Å²) in [5.74, 6) is 5.44. The molecule has 0 fully saturated rings. The zero-order chi connectivity index (χ0) is 12.3. The Morgan fingerprint density at radius 1 is 1.38 bits per heavy atom.